The Balaban J connectivity index is 2.39. The van der Waals surface area contributed by atoms with E-state index in [0.717, 1.165) is 6.92 Å². The molecular weight excluding hydrogens is 510 g/mol. The van der Waals surface area contributed by atoms with Crippen molar-refractivity contribution in [1.29, 1.82) is 0 Å². The monoisotopic (exact) mass is 547 g/mol. The second kappa shape index (κ2) is 14.3. The van der Waals surface area contributed by atoms with Crippen molar-refractivity contribution in [2.24, 2.45) is 0 Å². The van der Waals surface area contributed by atoms with Crippen LogP contribution in [0.1, 0.15) is 6.92 Å². The molecule has 12 N–H and O–H groups in total. The third-order valence-corrected chi connectivity index (χ3v) is 6.16. The molecule has 0 aromatic rings. The van der Waals surface area contributed by atoms with E-state index in [1.165, 1.54) is 0 Å². The summed E-state index contributed by atoms with van der Waals surface area (Å²) in [5, 5.41) is 112. The number of hydrogen-bond acceptors (Lipinski definition) is 16. The van der Waals surface area contributed by atoms with Gasteiger partial charge in [-0.2, -0.15) is 0 Å². The van der Waals surface area contributed by atoms with Crippen LogP contribution in [0.15, 0.2) is 0 Å². The summed E-state index contributed by atoms with van der Waals surface area (Å²) in [6.07, 6.45) is -23.2. The highest BCUT2D eigenvalue weighted by atomic mass is 16.8. The third-order valence-electron chi connectivity index (χ3n) is 6.16. The van der Waals surface area contributed by atoms with Crippen LogP contribution in [0.2, 0.25) is 0 Å². The fraction of sp³-hybridized carbons (Fsp3) is 0.950. The second-order valence-electron chi connectivity index (χ2n) is 8.84. The van der Waals surface area contributed by atoms with Gasteiger partial charge in [-0.25, -0.2) is 0 Å². The molecule has 17 nitrogen and oxygen atoms in total. The molecule has 0 bridgehead atoms. The van der Waals surface area contributed by atoms with Crippen molar-refractivity contribution in [3.8, 4) is 0 Å². The largest absolute Gasteiger partial charge is 0.394 e. The molecule has 37 heavy (non-hydrogen) atoms. The van der Waals surface area contributed by atoms with E-state index in [9.17, 15) is 61.0 Å². The Bertz CT molecular complexity index is 701. The van der Waals surface area contributed by atoms with E-state index in [0.29, 0.717) is 0 Å². The molecule has 2 rings (SSSR count). The Kier molecular flexibility index (Phi) is 12.4. The summed E-state index contributed by atoms with van der Waals surface area (Å²) in [6.45, 7) is -2.37. The van der Waals surface area contributed by atoms with Crippen LogP contribution in [0.5, 0.6) is 0 Å². The average molecular weight is 548 g/mol. The van der Waals surface area contributed by atoms with Crippen LogP contribution in [0, 0.1) is 0 Å². The minimum absolute atomic E-state index is 0.680. The standard InChI is InChI=1S/C20H37NO16/c1-6(26)21-7(2-22)17(11(28)8(27)3-23)36-20-18(15(32)13(30)10(5-25)35-20)37-19-16(33)14(31)12(29)9(4-24)34-19/h7-20,22-25,27-33H,2-5H2,1H3,(H,21,26)/t7-,8+,9+,10+,11+,12+,13+,14-,15-,16-,17+,18-,19+,20+/m0/s1. The van der Waals surface area contributed by atoms with E-state index >= 15 is 0 Å². The molecule has 0 saturated carbocycles. The van der Waals surface area contributed by atoms with Crippen molar-refractivity contribution in [3.05, 3.63) is 0 Å². The number of carbonyl (C=O) groups excluding carboxylic acids is 1. The summed E-state index contributed by atoms with van der Waals surface area (Å²) >= 11 is 0. The first-order valence-corrected chi connectivity index (χ1v) is 11.5. The van der Waals surface area contributed by atoms with Gasteiger partial charge >= 0.3 is 0 Å². The normalized spacial score (nSPS) is 40.0. The summed E-state index contributed by atoms with van der Waals surface area (Å²) in [5.41, 5.74) is 0. The van der Waals surface area contributed by atoms with Crippen molar-refractivity contribution < 1.29 is 79.9 Å². The van der Waals surface area contributed by atoms with Crippen molar-refractivity contribution in [2.45, 2.75) is 92.7 Å². The first kappa shape index (κ1) is 32.1. The Morgan fingerprint density at radius 3 is 1.84 bits per heavy atom. The number of amides is 1. The molecule has 2 saturated heterocycles. The molecule has 2 aliphatic heterocycles. The minimum Gasteiger partial charge on any atom is -0.394 e. The molecule has 17 heteroatoms. The number of nitrogens with one attached hydrogen (secondary N) is 1. The van der Waals surface area contributed by atoms with Crippen LogP contribution < -0.4 is 5.32 Å². The number of rotatable bonds is 12. The van der Waals surface area contributed by atoms with Gasteiger partial charge in [0, 0.05) is 6.92 Å². The zero-order valence-electron chi connectivity index (χ0n) is 19.9. The maximum atomic E-state index is 11.6. The van der Waals surface area contributed by atoms with Gasteiger partial charge in [-0.3, -0.25) is 4.79 Å². The van der Waals surface area contributed by atoms with Gasteiger partial charge in [-0.15, -0.1) is 0 Å². The number of aliphatic hydroxyl groups is 11. The highest BCUT2D eigenvalue weighted by Gasteiger charge is 2.52. The summed E-state index contributed by atoms with van der Waals surface area (Å²) in [4.78, 5) is 11.6. The molecule has 218 valence electrons. The van der Waals surface area contributed by atoms with E-state index in [-0.39, 0.29) is 0 Å². The summed E-state index contributed by atoms with van der Waals surface area (Å²) in [7, 11) is 0. The fourth-order valence-corrected chi connectivity index (χ4v) is 4.03. The number of aliphatic hydroxyl groups excluding tert-OH is 11. The van der Waals surface area contributed by atoms with Crippen LogP contribution in [0.3, 0.4) is 0 Å². The van der Waals surface area contributed by atoms with Crippen molar-refractivity contribution in [2.75, 3.05) is 26.4 Å². The summed E-state index contributed by atoms with van der Waals surface area (Å²) in [6, 6.07) is -1.42. The second-order valence-corrected chi connectivity index (χ2v) is 8.84. The van der Waals surface area contributed by atoms with Gasteiger partial charge in [0.25, 0.3) is 0 Å². The maximum absolute atomic E-state index is 11.6. The van der Waals surface area contributed by atoms with Crippen LogP contribution in [-0.4, -0.2) is 174 Å². The Labute approximate surface area is 211 Å². The van der Waals surface area contributed by atoms with Gasteiger partial charge in [0.1, 0.15) is 67.1 Å². The molecule has 0 aromatic heterocycles. The van der Waals surface area contributed by atoms with Gasteiger partial charge in [-0.1, -0.05) is 0 Å². The molecule has 14 atom stereocenters. The van der Waals surface area contributed by atoms with E-state index in [2.05, 4.69) is 5.32 Å². The Morgan fingerprint density at radius 2 is 1.35 bits per heavy atom. The average Bonchev–Trinajstić information content (AvgIpc) is 2.88. The lowest BCUT2D eigenvalue weighted by molar-refractivity contribution is -0.375. The van der Waals surface area contributed by atoms with E-state index < -0.39 is 118 Å². The third kappa shape index (κ3) is 7.50. The zero-order valence-corrected chi connectivity index (χ0v) is 19.9. The Morgan fingerprint density at radius 1 is 0.811 bits per heavy atom. The van der Waals surface area contributed by atoms with E-state index in [1.807, 2.05) is 0 Å². The molecule has 0 aromatic carbocycles. The molecular formula is C20H37NO16. The fourth-order valence-electron chi connectivity index (χ4n) is 4.03. The molecule has 2 fully saturated rings. The number of carbonyl (C=O) groups is 1. The van der Waals surface area contributed by atoms with Crippen LogP contribution >= 0.6 is 0 Å². The van der Waals surface area contributed by atoms with Gasteiger partial charge < -0.3 is 80.4 Å². The quantitative estimate of drug-likeness (QED) is 0.108. The van der Waals surface area contributed by atoms with Gasteiger partial charge in [0.2, 0.25) is 5.91 Å². The SMILES string of the molecule is CC(=O)N[C@@H](CO)[C@@H](O[C@H]1O[C@H](CO)[C@@H](O)[C@H](O)[C@@H]1O[C@H]1O[C@H](CO)[C@@H](O)[C@H](O)[C@@H]1O)[C@H](O)[C@H](O)CO. The van der Waals surface area contributed by atoms with Crippen LogP contribution in [0.4, 0.5) is 0 Å². The number of ether oxygens (including phenoxy) is 4. The molecule has 2 heterocycles. The molecule has 0 spiro atoms. The highest BCUT2D eigenvalue weighted by molar-refractivity contribution is 5.73. The number of hydrogen-bond donors (Lipinski definition) is 12. The lowest BCUT2D eigenvalue weighted by atomic mass is 9.96. The summed E-state index contributed by atoms with van der Waals surface area (Å²) < 4.78 is 21.8. The van der Waals surface area contributed by atoms with E-state index in [4.69, 9.17) is 18.9 Å². The molecule has 0 radical (unpaired) electrons. The van der Waals surface area contributed by atoms with Crippen molar-refractivity contribution in [1.82, 2.24) is 5.32 Å². The predicted molar refractivity (Wildman–Crippen MR) is 115 cm³/mol. The van der Waals surface area contributed by atoms with Gasteiger partial charge in [0.15, 0.2) is 12.6 Å². The molecule has 2 aliphatic rings. The topological polar surface area (TPSA) is 289 Å². The Hall–Kier alpha value is -1.13. The van der Waals surface area contributed by atoms with Crippen molar-refractivity contribution >= 4 is 5.91 Å². The van der Waals surface area contributed by atoms with Gasteiger partial charge in [0.05, 0.1) is 32.5 Å². The van der Waals surface area contributed by atoms with Gasteiger partial charge in [-0.05, 0) is 0 Å². The predicted octanol–water partition coefficient (Wildman–Crippen LogP) is -7.79. The van der Waals surface area contributed by atoms with Crippen LogP contribution in [0.25, 0.3) is 0 Å². The molecule has 1 amide bonds. The first-order chi connectivity index (χ1) is 17.4. The van der Waals surface area contributed by atoms with Crippen LogP contribution in [-0.2, 0) is 23.7 Å². The zero-order chi connectivity index (χ0) is 28.0. The first-order valence-electron chi connectivity index (χ1n) is 11.5. The lowest BCUT2D eigenvalue weighted by Gasteiger charge is -2.47. The molecule has 0 aliphatic carbocycles. The maximum Gasteiger partial charge on any atom is 0.217 e. The lowest BCUT2D eigenvalue weighted by Crippen LogP contribution is -2.66. The summed E-state index contributed by atoms with van der Waals surface area (Å²) in [5.74, 6) is -0.680. The molecule has 0 unspecified atom stereocenters. The minimum atomic E-state index is -1.97. The van der Waals surface area contributed by atoms with E-state index in [1.54, 1.807) is 0 Å². The highest BCUT2D eigenvalue weighted by Crippen LogP contribution is 2.31. The smallest absolute Gasteiger partial charge is 0.217 e. The van der Waals surface area contributed by atoms with Crippen molar-refractivity contribution in [3.63, 3.8) is 0 Å².